The average Bonchev–Trinajstić information content (AvgIpc) is 2.29. The first-order valence-corrected chi connectivity index (χ1v) is 4.89. The predicted molar refractivity (Wildman–Crippen MR) is 58.9 cm³/mol. The van der Waals surface area contributed by atoms with E-state index in [1.165, 1.54) is 0 Å². The third kappa shape index (κ3) is 8.19. The van der Waals surface area contributed by atoms with Crippen molar-refractivity contribution < 1.29 is 25.2 Å². The first kappa shape index (κ1) is 14.9. The van der Waals surface area contributed by atoms with Crippen LogP contribution in [0.5, 0.6) is 5.75 Å². The molecule has 5 heteroatoms. The normalized spacial score (nSPS) is 11.6. The number of para-hydroxylation sites is 1. The molecule has 0 bridgehead atoms. The second-order valence-electron chi connectivity index (χ2n) is 3.05. The zero-order chi connectivity index (χ0) is 12.4. The Hall–Kier alpha value is -1.14. The third-order valence-electron chi connectivity index (χ3n) is 1.47. The number of ether oxygens (including phenoxy) is 1. The van der Waals surface area contributed by atoms with Gasteiger partial charge in [-0.1, -0.05) is 18.2 Å². The van der Waals surface area contributed by atoms with E-state index in [4.69, 9.17) is 25.2 Å². The highest BCUT2D eigenvalue weighted by molar-refractivity contribution is 5.20. The van der Waals surface area contributed by atoms with Crippen molar-refractivity contribution in [3.63, 3.8) is 0 Å². The highest BCUT2D eigenvalue weighted by atomic mass is 16.6. The Labute approximate surface area is 94.6 Å². The van der Waals surface area contributed by atoms with Crippen molar-refractivity contribution in [2.24, 2.45) is 0 Å². The third-order valence-corrected chi connectivity index (χ3v) is 1.47. The SMILES string of the molecule is CC(O)Oc1ccccc1.OCC(O)CO. The molecule has 0 aliphatic rings. The summed E-state index contributed by atoms with van der Waals surface area (Å²) in [6.45, 7) is 0.847. The van der Waals surface area contributed by atoms with Gasteiger partial charge in [0.1, 0.15) is 11.9 Å². The van der Waals surface area contributed by atoms with E-state index in [0.29, 0.717) is 5.75 Å². The van der Waals surface area contributed by atoms with E-state index >= 15 is 0 Å². The van der Waals surface area contributed by atoms with Gasteiger partial charge < -0.3 is 25.2 Å². The second kappa shape index (κ2) is 9.11. The summed E-state index contributed by atoms with van der Waals surface area (Å²) in [6.07, 6.45) is -1.69. The molecule has 16 heavy (non-hydrogen) atoms. The van der Waals surface area contributed by atoms with Crippen LogP contribution in [0.25, 0.3) is 0 Å². The van der Waals surface area contributed by atoms with Gasteiger partial charge in [-0.05, 0) is 19.1 Å². The second-order valence-corrected chi connectivity index (χ2v) is 3.05. The zero-order valence-electron chi connectivity index (χ0n) is 9.15. The lowest BCUT2D eigenvalue weighted by molar-refractivity contribution is -0.000288. The van der Waals surface area contributed by atoms with Crippen LogP contribution in [0.15, 0.2) is 30.3 Å². The molecule has 0 aliphatic carbocycles. The summed E-state index contributed by atoms with van der Waals surface area (Å²) in [7, 11) is 0. The first-order chi connectivity index (χ1) is 7.60. The lowest BCUT2D eigenvalue weighted by atomic mass is 10.3. The van der Waals surface area contributed by atoms with Crippen LogP contribution in [-0.4, -0.2) is 46.0 Å². The maximum atomic E-state index is 8.78. The fourth-order valence-electron chi connectivity index (χ4n) is 0.754. The Kier molecular flexibility index (Phi) is 8.46. The molecule has 0 saturated carbocycles. The molecular weight excluding hydrogens is 212 g/mol. The molecule has 1 aromatic rings. The molecule has 0 amide bonds. The van der Waals surface area contributed by atoms with Gasteiger partial charge >= 0.3 is 0 Å². The van der Waals surface area contributed by atoms with Gasteiger partial charge in [0.25, 0.3) is 0 Å². The first-order valence-electron chi connectivity index (χ1n) is 4.89. The van der Waals surface area contributed by atoms with Crippen molar-refractivity contribution in [3.8, 4) is 5.75 Å². The largest absolute Gasteiger partial charge is 0.465 e. The maximum absolute atomic E-state index is 8.78. The molecule has 0 aliphatic heterocycles. The van der Waals surface area contributed by atoms with Crippen LogP contribution in [0.1, 0.15) is 6.92 Å². The van der Waals surface area contributed by atoms with Crippen LogP contribution < -0.4 is 4.74 Å². The molecule has 0 fully saturated rings. The summed E-state index contributed by atoms with van der Waals surface area (Å²) in [5.41, 5.74) is 0. The summed E-state index contributed by atoms with van der Waals surface area (Å²) < 4.78 is 4.97. The van der Waals surface area contributed by atoms with Gasteiger partial charge in [-0.25, -0.2) is 0 Å². The van der Waals surface area contributed by atoms with Crippen LogP contribution in [0.3, 0.4) is 0 Å². The van der Waals surface area contributed by atoms with Crippen molar-refractivity contribution in [2.75, 3.05) is 13.2 Å². The minimum absolute atomic E-state index is 0.365. The molecule has 1 aromatic carbocycles. The van der Waals surface area contributed by atoms with E-state index in [1.807, 2.05) is 18.2 Å². The summed E-state index contributed by atoms with van der Waals surface area (Å²) in [5, 5.41) is 32.8. The fraction of sp³-hybridized carbons (Fsp3) is 0.455. The molecule has 0 spiro atoms. The van der Waals surface area contributed by atoms with Crippen molar-refractivity contribution in [2.45, 2.75) is 19.3 Å². The average molecular weight is 230 g/mol. The molecule has 0 radical (unpaired) electrons. The van der Waals surface area contributed by atoms with E-state index in [9.17, 15) is 0 Å². The van der Waals surface area contributed by atoms with Gasteiger partial charge in [0.05, 0.1) is 13.2 Å². The van der Waals surface area contributed by atoms with Crippen LogP contribution in [0.4, 0.5) is 0 Å². The van der Waals surface area contributed by atoms with Crippen LogP contribution >= 0.6 is 0 Å². The zero-order valence-corrected chi connectivity index (χ0v) is 9.15. The molecular formula is C11H18O5. The Bertz CT molecular complexity index is 246. The number of benzene rings is 1. The smallest absolute Gasteiger partial charge is 0.194 e. The van der Waals surface area contributed by atoms with E-state index in [0.717, 1.165) is 0 Å². The number of hydrogen-bond acceptors (Lipinski definition) is 5. The van der Waals surface area contributed by atoms with Gasteiger partial charge in [0.2, 0.25) is 0 Å². The highest BCUT2D eigenvalue weighted by Gasteiger charge is 1.94. The van der Waals surface area contributed by atoms with Gasteiger partial charge in [-0.15, -0.1) is 0 Å². The number of hydrogen-bond donors (Lipinski definition) is 4. The lowest BCUT2D eigenvalue weighted by Gasteiger charge is -2.06. The number of aliphatic hydroxyl groups is 4. The molecule has 0 heterocycles. The van der Waals surface area contributed by atoms with Crippen molar-refractivity contribution in [3.05, 3.63) is 30.3 Å². The quantitative estimate of drug-likeness (QED) is 0.535. The van der Waals surface area contributed by atoms with Gasteiger partial charge in [-0.2, -0.15) is 0 Å². The van der Waals surface area contributed by atoms with Gasteiger partial charge in [0, 0.05) is 0 Å². The van der Waals surface area contributed by atoms with E-state index in [2.05, 4.69) is 0 Å². The molecule has 0 saturated heterocycles. The molecule has 1 unspecified atom stereocenters. The minimum atomic E-state index is -0.954. The Balaban J connectivity index is 0.000000325. The van der Waals surface area contributed by atoms with Crippen LogP contribution in [-0.2, 0) is 0 Å². The van der Waals surface area contributed by atoms with Crippen LogP contribution in [0, 0.1) is 0 Å². The minimum Gasteiger partial charge on any atom is -0.465 e. The maximum Gasteiger partial charge on any atom is 0.194 e. The number of aliphatic hydroxyl groups excluding tert-OH is 4. The lowest BCUT2D eigenvalue weighted by Crippen LogP contribution is -2.15. The fourth-order valence-corrected chi connectivity index (χ4v) is 0.754. The van der Waals surface area contributed by atoms with E-state index in [1.54, 1.807) is 19.1 Å². The highest BCUT2D eigenvalue weighted by Crippen LogP contribution is 2.09. The van der Waals surface area contributed by atoms with E-state index in [-0.39, 0.29) is 13.2 Å². The standard InChI is InChI=1S/C8H10O2.C3H8O3/c1-7(9)10-8-5-3-2-4-6-8;4-1-3(6)2-5/h2-7,9H,1H3;3-6H,1-2H2. The van der Waals surface area contributed by atoms with Gasteiger partial charge in [-0.3, -0.25) is 0 Å². The van der Waals surface area contributed by atoms with Crippen molar-refractivity contribution in [1.29, 1.82) is 0 Å². The molecule has 5 nitrogen and oxygen atoms in total. The molecule has 4 N–H and O–H groups in total. The summed E-state index contributed by atoms with van der Waals surface area (Å²) >= 11 is 0. The monoisotopic (exact) mass is 230 g/mol. The van der Waals surface area contributed by atoms with E-state index < -0.39 is 12.4 Å². The number of rotatable bonds is 4. The summed E-state index contributed by atoms with van der Waals surface area (Å²) in [5.74, 6) is 0.692. The van der Waals surface area contributed by atoms with Gasteiger partial charge in [0.15, 0.2) is 6.29 Å². The molecule has 0 aromatic heterocycles. The topological polar surface area (TPSA) is 90.2 Å². The van der Waals surface area contributed by atoms with Crippen LogP contribution in [0.2, 0.25) is 0 Å². The Morgan fingerprint density at radius 3 is 1.88 bits per heavy atom. The Morgan fingerprint density at radius 1 is 1.06 bits per heavy atom. The summed E-state index contributed by atoms with van der Waals surface area (Å²) in [4.78, 5) is 0. The predicted octanol–water partition coefficient (Wildman–Crippen LogP) is -0.264. The van der Waals surface area contributed by atoms with Crippen molar-refractivity contribution >= 4 is 0 Å². The molecule has 1 atom stereocenters. The Morgan fingerprint density at radius 2 is 1.56 bits per heavy atom. The molecule has 92 valence electrons. The van der Waals surface area contributed by atoms with Crippen molar-refractivity contribution in [1.82, 2.24) is 0 Å². The molecule has 1 rings (SSSR count). The summed E-state index contributed by atoms with van der Waals surface area (Å²) in [6, 6.07) is 9.21.